The molecule has 7 rings (SSSR count). The second kappa shape index (κ2) is 11.1. The van der Waals surface area contributed by atoms with Gasteiger partial charge in [0, 0.05) is 29.3 Å². The van der Waals surface area contributed by atoms with Crippen LogP contribution < -0.4 is 16.6 Å². The van der Waals surface area contributed by atoms with Gasteiger partial charge in [-0.05, 0) is 61.4 Å². The lowest BCUT2D eigenvalue weighted by atomic mass is 10.0. The number of nitrogens with one attached hydrogen (secondary N) is 1. The highest BCUT2D eigenvalue weighted by molar-refractivity contribution is 6.04. The summed E-state index contributed by atoms with van der Waals surface area (Å²) in [7, 11) is 0. The predicted octanol–water partition coefficient (Wildman–Crippen LogP) is 2.51. The first-order valence-corrected chi connectivity index (χ1v) is 14.5. The zero-order valence-electron chi connectivity index (χ0n) is 24.6. The first-order valence-electron chi connectivity index (χ1n) is 14.5. The smallest absolute Gasteiger partial charge is 0.264 e. The van der Waals surface area contributed by atoms with Crippen LogP contribution in [-0.4, -0.2) is 57.7 Å². The van der Waals surface area contributed by atoms with Gasteiger partial charge in [-0.1, -0.05) is 41.5 Å². The molecule has 13 heteroatoms. The van der Waals surface area contributed by atoms with Gasteiger partial charge in [-0.15, -0.1) is 10.2 Å². The Kier molecular flexibility index (Phi) is 6.91. The van der Waals surface area contributed by atoms with E-state index < -0.39 is 17.4 Å². The zero-order valence-corrected chi connectivity index (χ0v) is 24.6. The summed E-state index contributed by atoms with van der Waals surface area (Å²) < 4.78 is 4.09. The van der Waals surface area contributed by atoms with Gasteiger partial charge < -0.3 is 16.2 Å². The van der Waals surface area contributed by atoms with E-state index in [-0.39, 0.29) is 35.1 Å². The Balaban J connectivity index is 1.28. The lowest BCUT2D eigenvalue weighted by molar-refractivity contribution is 0.0719. The summed E-state index contributed by atoms with van der Waals surface area (Å²) in [5, 5.41) is 25.6. The molecular weight excluding hydrogens is 586 g/mol. The molecule has 6 aromatic rings. The molecule has 1 saturated carbocycles. The van der Waals surface area contributed by atoms with Crippen molar-refractivity contribution in [1.29, 1.82) is 0 Å². The number of aliphatic hydroxyl groups is 1. The second-order valence-corrected chi connectivity index (χ2v) is 11.2. The molecule has 13 nitrogen and oxygen atoms in total. The van der Waals surface area contributed by atoms with E-state index in [0.29, 0.717) is 46.2 Å². The quantitative estimate of drug-likeness (QED) is 0.238. The van der Waals surface area contributed by atoms with Crippen LogP contribution in [-0.2, 0) is 0 Å². The van der Waals surface area contributed by atoms with E-state index in [9.17, 15) is 19.5 Å². The van der Waals surface area contributed by atoms with Crippen LogP contribution in [0.25, 0.3) is 22.1 Å². The Morgan fingerprint density at radius 1 is 1.11 bits per heavy atom. The van der Waals surface area contributed by atoms with Crippen LogP contribution in [0.2, 0.25) is 0 Å². The third-order valence-corrected chi connectivity index (χ3v) is 8.17. The molecule has 1 atom stereocenters. The lowest BCUT2D eigenvalue weighted by Crippen LogP contribution is -2.32. The minimum atomic E-state index is -0.790. The minimum Gasteiger partial charge on any atom is -0.395 e. The topological polar surface area (TPSA) is 175 Å². The molecule has 4 heterocycles. The van der Waals surface area contributed by atoms with Crippen molar-refractivity contribution in [2.24, 2.45) is 5.41 Å². The van der Waals surface area contributed by atoms with Gasteiger partial charge in [-0.25, -0.2) is 9.50 Å². The van der Waals surface area contributed by atoms with Crippen molar-refractivity contribution in [3.05, 3.63) is 112 Å². The zero-order chi connectivity index (χ0) is 32.0. The van der Waals surface area contributed by atoms with Gasteiger partial charge in [-0.3, -0.25) is 19.0 Å². The maximum absolute atomic E-state index is 14.3. The highest BCUT2D eigenvalue weighted by Crippen LogP contribution is 2.46. The Bertz CT molecular complexity index is 2290. The van der Waals surface area contributed by atoms with Gasteiger partial charge in [0.1, 0.15) is 5.56 Å². The molecule has 0 radical (unpaired) electrons. The number of anilines is 1. The lowest BCUT2D eigenvalue weighted by Gasteiger charge is -2.21. The molecule has 4 N–H and O–H groups in total. The van der Waals surface area contributed by atoms with E-state index in [1.54, 1.807) is 60.3 Å². The van der Waals surface area contributed by atoms with E-state index in [2.05, 4.69) is 37.6 Å². The number of fused-ring (bicyclic) bond motifs is 2. The molecule has 1 fully saturated rings. The maximum atomic E-state index is 14.3. The number of amides is 1. The van der Waals surface area contributed by atoms with E-state index >= 15 is 0 Å². The first kappa shape index (κ1) is 28.6. The normalized spacial score (nSPS) is 14.0. The number of hydrogen-bond donors (Lipinski definition) is 3. The highest BCUT2D eigenvalue weighted by Gasteiger charge is 2.50. The molecule has 0 spiro atoms. The Labute approximate surface area is 261 Å². The number of carbonyl (C=O) groups excluding carboxylic acids is 2. The monoisotopic (exact) mass is 613 g/mol. The highest BCUT2D eigenvalue weighted by atomic mass is 16.3. The number of rotatable bonds is 6. The number of aliphatic hydroxyl groups excluding tert-OH is 1. The van der Waals surface area contributed by atoms with Crippen molar-refractivity contribution < 1.29 is 14.7 Å². The number of aromatic nitrogens is 7. The number of nitrogen functional groups attached to an aromatic ring is 1. The van der Waals surface area contributed by atoms with Gasteiger partial charge in [0.05, 0.1) is 29.6 Å². The molecule has 1 aliphatic rings. The average molecular weight is 614 g/mol. The van der Waals surface area contributed by atoms with Crippen LogP contribution in [0.15, 0.2) is 84.0 Å². The van der Waals surface area contributed by atoms with Crippen LogP contribution in [0.3, 0.4) is 0 Å². The van der Waals surface area contributed by atoms with E-state index in [1.807, 2.05) is 24.3 Å². The number of para-hydroxylation sites is 1. The summed E-state index contributed by atoms with van der Waals surface area (Å²) in [6.45, 7) is 1.54. The van der Waals surface area contributed by atoms with Crippen LogP contribution in [0, 0.1) is 17.3 Å². The molecule has 0 unspecified atom stereocenters. The SMILES string of the molecule is C[C@H](NC(=O)c1c(N)nn2cccnc12)c1cc2cccc(C#Cc3cn(C(=O)C4(CO)CC4)nn3)c2c(=O)n1-c1ccccc1. The van der Waals surface area contributed by atoms with Crippen LogP contribution >= 0.6 is 0 Å². The summed E-state index contributed by atoms with van der Waals surface area (Å²) in [5.74, 6) is 5.18. The van der Waals surface area contributed by atoms with Crippen LogP contribution in [0.5, 0.6) is 0 Å². The van der Waals surface area contributed by atoms with Gasteiger partial charge in [0.25, 0.3) is 17.4 Å². The largest absolute Gasteiger partial charge is 0.395 e. The van der Waals surface area contributed by atoms with Crippen molar-refractivity contribution >= 4 is 34.1 Å². The van der Waals surface area contributed by atoms with Crippen LogP contribution in [0.1, 0.15) is 57.9 Å². The summed E-state index contributed by atoms with van der Waals surface area (Å²) in [6.07, 6.45) is 5.83. The molecule has 46 heavy (non-hydrogen) atoms. The molecule has 2 aromatic carbocycles. The number of hydrogen-bond acceptors (Lipinski definition) is 9. The molecule has 0 aliphatic heterocycles. The number of nitrogens with two attached hydrogens (primary N) is 1. The van der Waals surface area contributed by atoms with Gasteiger partial charge in [0.15, 0.2) is 17.2 Å². The number of pyridine rings is 1. The fourth-order valence-electron chi connectivity index (χ4n) is 5.50. The van der Waals surface area contributed by atoms with Crippen molar-refractivity contribution in [2.75, 3.05) is 12.3 Å². The van der Waals surface area contributed by atoms with Crippen molar-refractivity contribution in [2.45, 2.75) is 25.8 Å². The Morgan fingerprint density at radius 3 is 2.67 bits per heavy atom. The van der Waals surface area contributed by atoms with Gasteiger partial charge >= 0.3 is 0 Å². The van der Waals surface area contributed by atoms with E-state index in [0.717, 1.165) is 4.68 Å². The average Bonchev–Trinajstić information content (AvgIpc) is 3.59. The third kappa shape index (κ3) is 4.86. The van der Waals surface area contributed by atoms with E-state index in [1.165, 1.54) is 10.7 Å². The summed E-state index contributed by atoms with van der Waals surface area (Å²) in [6, 6.07) is 17.3. The number of nitrogens with zero attached hydrogens (tertiary/aromatic N) is 7. The van der Waals surface area contributed by atoms with Gasteiger partial charge in [0.2, 0.25) is 0 Å². The molecule has 0 saturated heterocycles. The molecular formula is C33H27N9O4. The molecule has 4 aromatic heterocycles. The standard InChI is InChI=1S/C33H27N9O4/c1-20(36-30(44)27-28(34)38-40-16-6-15-35-29(27)40)25-17-22-8-5-7-21(26(22)31(45)42(25)24-9-3-2-4-10-24)11-12-23-18-41(39-37-23)32(46)33(19-43)13-14-33/h2-10,15-18,20,43H,13-14,19H2,1H3,(H2,34,38)(H,36,44)/t20-/m0/s1. The molecule has 1 aliphatic carbocycles. The Hall–Kier alpha value is -6.13. The fourth-order valence-corrected chi connectivity index (χ4v) is 5.50. The third-order valence-electron chi connectivity index (χ3n) is 8.17. The Morgan fingerprint density at radius 2 is 1.91 bits per heavy atom. The molecule has 228 valence electrons. The molecule has 0 bridgehead atoms. The van der Waals surface area contributed by atoms with Crippen molar-refractivity contribution in [1.82, 2.24) is 39.5 Å². The predicted molar refractivity (Wildman–Crippen MR) is 168 cm³/mol. The molecule has 1 amide bonds. The minimum absolute atomic E-state index is 0.0374. The number of benzene rings is 2. The first-order chi connectivity index (χ1) is 22.3. The maximum Gasteiger partial charge on any atom is 0.264 e. The summed E-state index contributed by atoms with van der Waals surface area (Å²) in [4.78, 5) is 44.7. The van der Waals surface area contributed by atoms with Crippen LogP contribution in [0.4, 0.5) is 5.82 Å². The van der Waals surface area contributed by atoms with E-state index in [4.69, 9.17) is 5.73 Å². The van der Waals surface area contributed by atoms with Crippen molar-refractivity contribution in [3.63, 3.8) is 0 Å². The second-order valence-electron chi connectivity index (χ2n) is 11.2. The van der Waals surface area contributed by atoms with Crippen molar-refractivity contribution in [3.8, 4) is 17.5 Å². The summed E-state index contributed by atoms with van der Waals surface area (Å²) in [5.41, 5.74) is 7.25. The fraction of sp³-hybridized carbons (Fsp3) is 0.182. The number of carbonyl (C=O) groups is 2. The van der Waals surface area contributed by atoms with Gasteiger partial charge in [-0.2, -0.15) is 4.68 Å². The summed E-state index contributed by atoms with van der Waals surface area (Å²) >= 11 is 0.